The molecule has 6 nitrogen and oxygen atoms in total. The molecule has 0 saturated carbocycles. The zero-order chi connectivity index (χ0) is 17.1. The van der Waals surface area contributed by atoms with Gasteiger partial charge in [-0.25, -0.2) is 9.36 Å². The number of hydrogen-bond donors (Lipinski definition) is 2. The fourth-order valence-corrected chi connectivity index (χ4v) is 2.76. The van der Waals surface area contributed by atoms with Crippen LogP contribution in [0.1, 0.15) is 15.9 Å². The smallest absolute Gasteiger partial charge is 0.408 e. The average Bonchev–Trinajstić information content (AvgIpc) is 2.90. The van der Waals surface area contributed by atoms with E-state index in [1.165, 1.54) is 0 Å². The topological polar surface area (TPSA) is 68.7 Å². The van der Waals surface area contributed by atoms with Crippen molar-refractivity contribution in [3.05, 3.63) is 70.2 Å². The first-order chi connectivity index (χ1) is 11.6. The molecule has 0 aliphatic carbocycles. The second-order valence-corrected chi connectivity index (χ2v) is 5.83. The maximum atomic E-state index is 12.0. The third kappa shape index (κ3) is 3.23. The molecule has 0 saturated heterocycles. The minimum atomic E-state index is -0.342. The quantitative estimate of drug-likeness (QED) is 0.722. The van der Waals surface area contributed by atoms with Crippen LogP contribution in [-0.4, -0.2) is 24.6 Å². The van der Waals surface area contributed by atoms with Gasteiger partial charge in [0, 0.05) is 18.2 Å². The van der Waals surface area contributed by atoms with E-state index in [-0.39, 0.29) is 11.7 Å². The van der Waals surface area contributed by atoms with Gasteiger partial charge in [-0.15, -0.1) is 0 Å². The van der Waals surface area contributed by atoms with E-state index in [1.54, 1.807) is 29.8 Å². The Kier molecular flexibility index (Phi) is 4.48. The zero-order valence-electron chi connectivity index (χ0n) is 13.7. The Hall–Kier alpha value is -2.86. The lowest BCUT2D eigenvalue weighted by Crippen LogP contribution is -3.07. The van der Waals surface area contributed by atoms with E-state index in [0.717, 1.165) is 22.5 Å². The molecule has 124 valence electrons. The largest absolute Gasteiger partial charge is 0.424 e. The van der Waals surface area contributed by atoms with Gasteiger partial charge in [0.15, 0.2) is 12.3 Å². The molecule has 0 aliphatic heterocycles. The summed E-state index contributed by atoms with van der Waals surface area (Å²) in [4.78, 5) is 24.7. The van der Waals surface area contributed by atoms with Crippen LogP contribution in [-0.2, 0) is 13.2 Å². The van der Waals surface area contributed by atoms with Crippen molar-refractivity contribution in [3.63, 3.8) is 0 Å². The number of carbonyl (C=O) groups excluding carboxylic acids is 1. The lowest BCUT2D eigenvalue weighted by atomic mass is 10.1. The number of nitrogens with zero attached hydrogens (tertiary/aromatic N) is 1. The molecule has 0 bridgehead atoms. The molecular formula is C18H20N3O3+. The van der Waals surface area contributed by atoms with Crippen LogP contribution >= 0.6 is 0 Å². The van der Waals surface area contributed by atoms with Gasteiger partial charge < -0.3 is 14.6 Å². The summed E-state index contributed by atoms with van der Waals surface area (Å²) in [6.07, 6.45) is 0. The molecule has 0 aliphatic rings. The molecule has 0 fully saturated rings. The third-order valence-corrected chi connectivity index (χ3v) is 3.95. The van der Waals surface area contributed by atoms with E-state index in [9.17, 15) is 9.59 Å². The van der Waals surface area contributed by atoms with Crippen molar-refractivity contribution in [2.75, 3.05) is 14.1 Å². The van der Waals surface area contributed by atoms with E-state index >= 15 is 0 Å². The van der Waals surface area contributed by atoms with Crippen molar-refractivity contribution in [2.45, 2.75) is 13.2 Å². The molecule has 24 heavy (non-hydrogen) atoms. The van der Waals surface area contributed by atoms with E-state index in [1.807, 2.05) is 37.4 Å². The first kappa shape index (κ1) is 16.0. The summed E-state index contributed by atoms with van der Waals surface area (Å²) in [6, 6.07) is 14.9. The fourth-order valence-electron chi connectivity index (χ4n) is 2.76. The van der Waals surface area contributed by atoms with Gasteiger partial charge >= 0.3 is 5.76 Å². The number of nitrogens with one attached hydrogen (secondary N) is 2. The Morgan fingerprint density at radius 2 is 1.88 bits per heavy atom. The molecule has 3 aromatic rings. The summed E-state index contributed by atoms with van der Waals surface area (Å²) in [7, 11) is 3.63. The van der Waals surface area contributed by atoms with Gasteiger partial charge in [-0.05, 0) is 24.3 Å². The van der Waals surface area contributed by atoms with E-state index < -0.39 is 0 Å². The lowest BCUT2D eigenvalue weighted by Gasteiger charge is -2.14. The minimum Gasteiger partial charge on any atom is -0.408 e. The highest BCUT2D eigenvalue weighted by Gasteiger charge is 2.13. The van der Waals surface area contributed by atoms with Gasteiger partial charge in [0.2, 0.25) is 0 Å². The first-order valence-corrected chi connectivity index (χ1v) is 7.79. The number of quaternary nitrogens is 1. The van der Waals surface area contributed by atoms with Crippen molar-refractivity contribution in [3.8, 4) is 0 Å². The summed E-state index contributed by atoms with van der Waals surface area (Å²) >= 11 is 0. The zero-order valence-corrected chi connectivity index (χ0v) is 13.7. The Labute approximate surface area is 139 Å². The number of fused-ring (bicyclic) bond motifs is 1. The Balaban J connectivity index is 1.73. The Morgan fingerprint density at radius 1 is 1.17 bits per heavy atom. The molecule has 1 heterocycles. The van der Waals surface area contributed by atoms with Crippen molar-refractivity contribution in [1.82, 2.24) is 9.88 Å². The standard InChI is InChI=1S/C18H19N3O3/c1-19-17(22)14-9-7-13(8-10-14)11-20(2)12-21-15-5-3-4-6-16(15)24-18(21)23/h3-10H,11-12H2,1-2H3,(H,19,22)/p+1. The van der Waals surface area contributed by atoms with Crippen molar-refractivity contribution in [2.24, 2.45) is 0 Å². The van der Waals surface area contributed by atoms with Gasteiger partial charge in [-0.1, -0.05) is 24.3 Å². The third-order valence-electron chi connectivity index (χ3n) is 3.95. The van der Waals surface area contributed by atoms with Crippen LogP contribution in [0.15, 0.2) is 57.7 Å². The molecular weight excluding hydrogens is 306 g/mol. The second kappa shape index (κ2) is 6.72. The van der Waals surface area contributed by atoms with Crippen LogP contribution < -0.4 is 16.0 Å². The highest BCUT2D eigenvalue weighted by Crippen LogP contribution is 2.10. The number of amides is 1. The number of oxazole rings is 1. The number of benzene rings is 2. The molecule has 1 aromatic heterocycles. The van der Waals surface area contributed by atoms with Gasteiger partial charge in [-0.3, -0.25) is 4.79 Å². The number of carbonyl (C=O) groups is 1. The summed E-state index contributed by atoms with van der Waals surface area (Å²) in [5, 5.41) is 2.60. The first-order valence-electron chi connectivity index (χ1n) is 7.79. The second-order valence-electron chi connectivity index (χ2n) is 5.83. The maximum absolute atomic E-state index is 12.0. The van der Waals surface area contributed by atoms with Crippen molar-refractivity contribution < 1.29 is 14.1 Å². The van der Waals surface area contributed by atoms with Crippen LogP contribution in [0.4, 0.5) is 0 Å². The van der Waals surface area contributed by atoms with Crippen LogP contribution in [0.3, 0.4) is 0 Å². The molecule has 1 unspecified atom stereocenters. The van der Waals surface area contributed by atoms with Gasteiger partial charge in [0.25, 0.3) is 5.91 Å². The summed E-state index contributed by atoms with van der Waals surface area (Å²) in [5.74, 6) is -0.441. The van der Waals surface area contributed by atoms with Crippen molar-refractivity contribution >= 4 is 17.0 Å². The molecule has 2 aromatic carbocycles. The monoisotopic (exact) mass is 326 g/mol. The van der Waals surface area contributed by atoms with Crippen LogP contribution in [0.5, 0.6) is 0 Å². The molecule has 1 atom stereocenters. The molecule has 2 N–H and O–H groups in total. The van der Waals surface area contributed by atoms with Crippen LogP contribution in [0.25, 0.3) is 11.1 Å². The fraction of sp³-hybridized carbons (Fsp3) is 0.222. The number of hydrogen-bond acceptors (Lipinski definition) is 3. The summed E-state index contributed by atoms with van der Waals surface area (Å²) < 4.78 is 6.90. The van der Waals surface area contributed by atoms with Gasteiger partial charge in [0.05, 0.1) is 12.6 Å². The molecule has 0 spiro atoms. The minimum absolute atomic E-state index is 0.0985. The lowest BCUT2D eigenvalue weighted by molar-refractivity contribution is -0.916. The molecule has 1 amide bonds. The van der Waals surface area contributed by atoms with E-state index in [0.29, 0.717) is 17.8 Å². The number of para-hydroxylation sites is 2. The Bertz CT molecular complexity index is 909. The summed E-state index contributed by atoms with van der Waals surface area (Å²) in [5.41, 5.74) is 3.14. The van der Waals surface area contributed by atoms with Gasteiger partial charge in [0.1, 0.15) is 6.54 Å². The maximum Gasteiger partial charge on any atom is 0.424 e. The Morgan fingerprint density at radius 3 is 2.58 bits per heavy atom. The van der Waals surface area contributed by atoms with Crippen LogP contribution in [0, 0.1) is 0 Å². The molecule has 0 radical (unpaired) electrons. The normalized spacial score (nSPS) is 12.2. The summed E-state index contributed by atoms with van der Waals surface area (Å²) in [6.45, 7) is 1.24. The molecule has 6 heteroatoms. The van der Waals surface area contributed by atoms with E-state index in [2.05, 4.69) is 5.32 Å². The SMILES string of the molecule is CNC(=O)c1ccc(C[NH+](C)Cn2c(=O)oc3ccccc32)cc1. The number of aromatic nitrogens is 1. The van der Waals surface area contributed by atoms with E-state index in [4.69, 9.17) is 4.42 Å². The predicted octanol–water partition coefficient (Wildman–Crippen LogP) is 0.627. The highest BCUT2D eigenvalue weighted by molar-refractivity contribution is 5.93. The van der Waals surface area contributed by atoms with Crippen LogP contribution in [0.2, 0.25) is 0 Å². The number of rotatable bonds is 5. The predicted molar refractivity (Wildman–Crippen MR) is 90.9 cm³/mol. The average molecular weight is 326 g/mol. The van der Waals surface area contributed by atoms with Gasteiger partial charge in [-0.2, -0.15) is 0 Å². The molecule has 3 rings (SSSR count). The van der Waals surface area contributed by atoms with Crippen molar-refractivity contribution in [1.29, 1.82) is 0 Å². The highest BCUT2D eigenvalue weighted by atomic mass is 16.4.